The van der Waals surface area contributed by atoms with Crippen LogP contribution in [0, 0.1) is 0 Å². The fraction of sp³-hybridized carbons (Fsp3) is 0.778. The summed E-state index contributed by atoms with van der Waals surface area (Å²) in [4.78, 5) is 17.4. The summed E-state index contributed by atoms with van der Waals surface area (Å²) < 4.78 is 25.9. The maximum absolute atomic E-state index is 10.7. The highest BCUT2D eigenvalue weighted by molar-refractivity contribution is 7.55. The van der Waals surface area contributed by atoms with E-state index in [1.165, 1.54) is 7.11 Å². The number of ether oxygens (including phenoxy) is 3. The van der Waals surface area contributed by atoms with Crippen molar-refractivity contribution in [3.05, 3.63) is 11.9 Å². The van der Waals surface area contributed by atoms with E-state index in [0.29, 0.717) is 12.4 Å². The Bertz CT molecular complexity index is 331. The number of hydrogen-bond acceptors (Lipinski definition) is 5. The zero-order valence-electron chi connectivity index (χ0n) is 9.88. The maximum atomic E-state index is 10.7. The lowest BCUT2D eigenvalue weighted by Crippen LogP contribution is -2.35. The standard InChI is InChI=1S/C9H16BO7P/c1-15-3-4-16-8-7(11)6(17-9(8)10)2-5-18(12,13)14/h2,5-9,11H,3-4H2,1H3,(H2,12,13,14)/b5-2+/t6-,7+,8?,9-/m1/s1. The molecule has 1 rings (SSSR count). The molecule has 0 aromatic heterocycles. The van der Waals surface area contributed by atoms with Gasteiger partial charge < -0.3 is 29.1 Å². The Morgan fingerprint density at radius 1 is 1.44 bits per heavy atom. The summed E-state index contributed by atoms with van der Waals surface area (Å²) in [6.07, 6.45) is -1.66. The highest BCUT2D eigenvalue weighted by Gasteiger charge is 2.40. The fourth-order valence-corrected chi connectivity index (χ4v) is 1.93. The highest BCUT2D eigenvalue weighted by Crippen LogP contribution is 2.37. The van der Waals surface area contributed by atoms with E-state index in [-0.39, 0.29) is 6.61 Å². The molecule has 9 heteroatoms. The molecule has 1 aliphatic rings. The van der Waals surface area contributed by atoms with Crippen LogP contribution in [-0.4, -0.2) is 67.4 Å². The highest BCUT2D eigenvalue weighted by atomic mass is 31.2. The van der Waals surface area contributed by atoms with E-state index in [2.05, 4.69) is 0 Å². The molecule has 7 nitrogen and oxygen atoms in total. The van der Waals surface area contributed by atoms with Gasteiger partial charge in [-0.15, -0.1) is 0 Å². The van der Waals surface area contributed by atoms with Gasteiger partial charge in [0.1, 0.15) is 26.2 Å². The first-order valence-corrected chi connectivity index (χ1v) is 6.97. The lowest BCUT2D eigenvalue weighted by Gasteiger charge is -2.18. The molecule has 18 heavy (non-hydrogen) atoms. The van der Waals surface area contributed by atoms with Crippen LogP contribution >= 0.6 is 7.60 Å². The van der Waals surface area contributed by atoms with E-state index < -0.39 is 31.9 Å². The number of rotatable bonds is 6. The third kappa shape index (κ3) is 4.82. The molecule has 1 saturated heterocycles. The topological polar surface area (TPSA) is 105 Å². The van der Waals surface area contributed by atoms with Crippen molar-refractivity contribution >= 4 is 15.4 Å². The molecule has 0 spiro atoms. The molecular formula is C9H16BO7P. The lowest BCUT2D eigenvalue weighted by atomic mass is 9.93. The van der Waals surface area contributed by atoms with Crippen molar-refractivity contribution in [2.45, 2.75) is 24.3 Å². The number of hydrogen-bond donors (Lipinski definition) is 3. The van der Waals surface area contributed by atoms with Crippen LogP contribution in [0.4, 0.5) is 0 Å². The van der Waals surface area contributed by atoms with Gasteiger partial charge in [-0.1, -0.05) is 0 Å². The maximum Gasteiger partial charge on any atom is 0.348 e. The Labute approximate surface area is 106 Å². The predicted molar refractivity (Wildman–Crippen MR) is 63.2 cm³/mol. The average Bonchev–Trinajstić information content (AvgIpc) is 2.53. The van der Waals surface area contributed by atoms with Crippen molar-refractivity contribution in [3.8, 4) is 0 Å². The van der Waals surface area contributed by atoms with Gasteiger partial charge in [0.05, 0.1) is 13.2 Å². The minimum absolute atomic E-state index is 0.240. The Hall–Kier alpha value is -0.205. The minimum atomic E-state index is -4.28. The molecule has 4 atom stereocenters. The van der Waals surface area contributed by atoms with E-state index in [4.69, 9.17) is 31.8 Å². The molecule has 1 fully saturated rings. The lowest BCUT2D eigenvalue weighted by molar-refractivity contribution is -0.0365. The average molecular weight is 278 g/mol. The van der Waals surface area contributed by atoms with Gasteiger partial charge in [0, 0.05) is 18.9 Å². The first-order valence-electron chi connectivity index (χ1n) is 5.29. The smallest absolute Gasteiger partial charge is 0.348 e. The third-order valence-electron chi connectivity index (χ3n) is 2.38. The Balaban J connectivity index is 2.55. The predicted octanol–water partition coefficient (Wildman–Crippen LogP) is -1.04. The summed E-state index contributed by atoms with van der Waals surface area (Å²) in [7, 11) is 2.83. The first-order chi connectivity index (χ1) is 8.35. The van der Waals surface area contributed by atoms with E-state index >= 15 is 0 Å². The number of aliphatic hydroxyl groups excluding tert-OH is 1. The van der Waals surface area contributed by atoms with Crippen molar-refractivity contribution < 1.29 is 33.7 Å². The molecule has 0 aromatic rings. The molecule has 0 amide bonds. The molecule has 2 radical (unpaired) electrons. The molecule has 0 aliphatic carbocycles. The van der Waals surface area contributed by atoms with Gasteiger partial charge in [0.15, 0.2) is 0 Å². The number of aliphatic hydroxyl groups is 1. The van der Waals surface area contributed by atoms with Crippen molar-refractivity contribution in [1.82, 2.24) is 0 Å². The van der Waals surface area contributed by atoms with Crippen molar-refractivity contribution in [3.63, 3.8) is 0 Å². The zero-order valence-corrected chi connectivity index (χ0v) is 10.8. The monoisotopic (exact) mass is 278 g/mol. The summed E-state index contributed by atoms with van der Waals surface area (Å²) in [5, 5.41) is 9.84. The van der Waals surface area contributed by atoms with Gasteiger partial charge in [-0.25, -0.2) is 0 Å². The quantitative estimate of drug-likeness (QED) is 0.324. The molecular weight excluding hydrogens is 262 g/mol. The van der Waals surface area contributed by atoms with Gasteiger partial charge >= 0.3 is 7.60 Å². The van der Waals surface area contributed by atoms with Gasteiger partial charge in [0.2, 0.25) is 0 Å². The van der Waals surface area contributed by atoms with Crippen LogP contribution in [-0.2, 0) is 18.8 Å². The SMILES string of the molecule is [B][C@@H]1O[C@H](/C=C/P(=O)(O)O)[C@H](O)C1OCCOC. The second-order valence-corrected chi connectivity index (χ2v) is 5.29. The van der Waals surface area contributed by atoms with Crippen LogP contribution < -0.4 is 0 Å². The zero-order chi connectivity index (χ0) is 13.8. The van der Waals surface area contributed by atoms with Gasteiger partial charge in [-0.2, -0.15) is 0 Å². The van der Waals surface area contributed by atoms with Crippen LogP contribution in [0.5, 0.6) is 0 Å². The van der Waals surface area contributed by atoms with Gasteiger partial charge in [-0.05, 0) is 6.08 Å². The summed E-state index contributed by atoms with van der Waals surface area (Å²) in [5.74, 6) is 0.672. The second kappa shape index (κ2) is 6.82. The summed E-state index contributed by atoms with van der Waals surface area (Å²) in [5.41, 5.74) is 0. The van der Waals surface area contributed by atoms with Gasteiger partial charge in [0.25, 0.3) is 0 Å². The van der Waals surface area contributed by atoms with Crippen molar-refractivity contribution in [2.24, 2.45) is 0 Å². The molecule has 0 saturated carbocycles. The minimum Gasteiger partial charge on any atom is -0.387 e. The number of methoxy groups -OCH3 is 1. The van der Waals surface area contributed by atoms with Crippen LogP contribution in [0.25, 0.3) is 0 Å². The first kappa shape index (κ1) is 15.9. The fourth-order valence-electron chi connectivity index (χ4n) is 1.54. The van der Waals surface area contributed by atoms with E-state index in [1.54, 1.807) is 0 Å². The van der Waals surface area contributed by atoms with Crippen molar-refractivity contribution in [2.75, 3.05) is 20.3 Å². The molecule has 0 bridgehead atoms. The molecule has 0 aromatic carbocycles. The Kier molecular flexibility index (Phi) is 6.00. The van der Waals surface area contributed by atoms with Crippen molar-refractivity contribution in [1.29, 1.82) is 0 Å². The summed E-state index contributed by atoms with van der Waals surface area (Å²) in [6.45, 7) is 0.586. The molecule has 1 aliphatic heterocycles. The van der Waals surface area contributed by atoms with E-state index in [0.717, 1.165) is 6.08 Å². The summed E-state index contributed by atoms with van der Waals surface area (Å²) in [6, 6.07) is -0.858. The molecule has 102 valence electrons. The Morgan fingerprint density at radius 3 is 2.67 bits per heavy atom. The normalized spacial score (nSPS) is 33.3. The summed E-state index contributed by atoms with van der Waals surface area (Å²) >= 11 is 0. The van der Waals surface area contributed by atoms with E-state index in [1.807, 2.05) is 0 Å². The van der Waals surface area contributed by atoms with Crippen LogP contribution in [0.3, 0.4) is 0 Å². The van der Waals surface area contributed by atoms with Crippen LogP contribution in [0.1, 0.15) is 0 Å². The van der Waals surface area contributed by atoms with Crippen LogP contribution in [0.2, 0.25) is 0 Å². The Morgan fingerprint density at radius 2 is 2.11 bits per heavy atom. The third-order valence-corrected chi connectivity index (χ3v) is 2.94. The van der Waals surface area contributed by atoms with Crippen LogP contribution in [0.15, 0.2) is 11.9 Å². The van der Waals surface area contributed by atoms with Gasteiger partial charge in [-0.3, -0.25) is 4.57 Å². The largest absolute Gasteiger partial charge is 0.387 e. The molecule has 3 N–H and O–H groups in total. The van der Waals surface area contributed by atoms with E-state index in [9.17, 15) is 9.67 Å². The second-order valence-electron chi connectivity index (χ2n) is 3.81. The molecule has 1 heterocycles. The molecule has 1 unspecified atom stereocenters.